The summed E-state index contributed by atoms with van der Waals surface area (Å²) in [5.74, 6) is 0.134. The average Bonchev–Trinajstić information content (AvgIpc) is 2.85. The third-order valence-electron chi connectivity index (χ3n) is 3.05. The molecule has 1 saturated heterocycles. The Morgan fingerprint density at radius 2 is 2.41 bits per heavy atom. The number of carbonyl (C=O) groups is 1. The first-order chi connectivity index (χ1) is 8.22. The number of likely N-dealkylation sites (tertiary alicyclic amines) is 1. The number of hydrogen-bond acceptors (Lipinski definition) is 2. The van der Waals surface area contributed by atoms with E-state index in [0.29, 0.717) is 19.5 Å². The molecule has 0 saturated carbocycles. The summed E-state index contributed by atoms with van der Waals surface area (Å²) in [6.45, 7) is 1.26. The van der Waals surface area contributed by atoms with E-state index in [0.717, 1.165) is 16.5 Å². The van der Waals surface area contributed by atoms with Crippen molar-refractivity contribution in [3.8, 4) is 0 Å². The Balaban J connectivity index is 1.82. The smallest absolute Gasteiger partial charge is 0.224 e. The van der Waals surface area contributed by atoms with Gasteiger partial charge in [0.05, 0.1) is 17.1 Å². The van der Waals surface area contributed by atoms with Gasteiger partial charge in [0.1, 0.15) is 0 Å². The van der Waals surface area contributed by atoms with E-state index in [1.54, 1.807) is 11.1 Å². The summed E-state index contributed by atoms with van der Waals surface area (Å²) in [6, 6.07) is 6.05. The number of rotatable bonds is 2. The SMILES string of the molecule is O=C1CC(Cl)CN1Cc1ccc2cn[nH]c2c1. The van der Waals surface area contributed by atoms with Crippen LogP contribution in [0.3, 0.4) is 0 Å². The number of benzene rings is 1. The monoisotopic (exact) mass is 249 g/mol. The number of fused-ring (bicyclic) bond motifs is 1. The Bertz CT molecular complexity index is 566. The van der Waals surface area contributed by atoms with Crippen LogP contribution in [0.5, 0.6) is 0 Å². The Morgan fingerprint density at radius 1 is 1.53 bits per heavy atom. The van der Waals surface area contributed by atoms with E-state index in [-0.39, 0.29) is 11.3 Å². The number of hydrogen-bond donors (Lipinski definition) is 1. The van der Waals surface area contributed by atoms with Crippen LogP contribution >= 0.6 is 11.6 Å². The van der Waals surface area contributed by atoms with Gasteiger partial charge in [-0.1, -0.05) is 12.1 Å². The molecule has 1 aromatic heterocycles. The molecule has 1 aliphatic rings. The molecule has 1 aromatic carbocycles. The molecule has 5 heteroatoms. The first-order valence-corrected chi connectivity index (χ1v) is 6.00. The molecule has 1 atom stereocenters. The lowest BCUT2D eigenvalue weighted by Crippen LogP contribution is -2.24. The fourth-order valence-corrected chi connectivity index (χ4v) is 2.48. The number of alkyl halides is 1. The number of H-pyrrole nitrogens is 1. The van der Waals surface area contributed by atoms with E-state index < -0.39 is 0 Å². The van der Waals surface area contributed by atoms with Crippen molar-refractivity contribution in [3.63, 3.8) is 0 Å². The molecule has 1 unspecified atom stereocenters. The summed E-state index contributed by atoms with van der Waals surface area (Å²) < 4.78 is 0. The van der Waals surface area contributed by atoms with E-state index in [1.807, 2.05) is 18.2 Å². The molecular formula is C12H12ClN3O. The first kappa shape index (κ1) is 10.6. The predicted octanol–water partition coefficient (Wildman–Crippen LogP) is 1.90. The maximum Gasteiger partial charge on any atom is 0.224 e. The fourth-order valence-electron chi connectivity index (χ4n) is 2.18. The zero-order valence-corrected chi connectivity index (χ0v) is 9.94. The number of nitrogens with one attached hydrogen (secondary N) is 1. The van der Waals surface area contributed by atoms with Crippen LogP contribution in [0.1, 0.15) is 12.0 Å². The third-order valence-corrected chi connectivity index (χ3v) is 3.34. The highest BCUT2D eigenvalue weighted by Crippen LogP contribution is 2.20. The van der Waals surface area contributed by atoms with Gasteiger partial charge < -0.3 is 4.90 Å². The van der Waals surface area contributed by atoms with Gasteiger partial charge >= 0.3 is 0 Å². The maximum atomic E-state index is 11.6. The zero-order valence-electron chi connectivity index (χ0n) is 9.19. The number of carbonyl (C=O) groups excluding carboxylic acids is 1. The Morgan fingerprint density at radius 3 is 3.18 bits per heavy atom. The number of nitrogens with zero attached hydrogens (tertiary/aromatic N) is 2. The summed E-state index contributed by atoms with van der Waals surface area (Å²) in [7, 11) is 0. The molecule has 3 rings (SSSR count). The van der Waals surface area contributed by atoms with Gasteiger partial charge in [-0.15, -0.1) is 11.6 Å². The van der Waals surface area contributed by atoms with Crippen molar-refractivity contribution in [1.29, 1.82) is 0 Å². The molecule has 1 N–H and O–H groups in total. The summed E-state index contributed by atoms with van der Waals surface area (Å²) in [5, 5.41) is 7.94. The van der Waals surface area contributed by atoms with Crippen LogP contribution in [0.4, 0.5) is 0 Å². The molecule has 1 aliphatic heterocycles. The largest absolute Gasteiger partial charge is 0.337 e. The van der Waals surface area contributed by atoms with Crippen molar-refractivity contribution < 1.29 is 4.79 Å². The molecule has 2 aromatic rings. The van der Waals surface area contributed by atoms with Crippen LogP contribution < -0.4 is 0 Å². The van der Waals surface area contributed by atoms with E-state index in [1.165, 1.54) is 0 Å². The van der Waals surface area contributed by atoms with Crippen LogP contribution in [0, 0.1) is 0 Å². The van der Waals surface area contributed by atoms with Gasteiger partial charge in [-0.3, -0.25) is 9.89 Å². The highest BCUT2D eigenvalue weighted by molar-refractivity contribution is 6.22. The molecule has 1 amide bonds. The number of aromatic amines is 1. The molecule has 88 valence electrons. The van der Waals surface area contributed by atoms with Crippen LogP contribution in [-0.4, -0.2) is 32.9 Å². The molecular weight excluding hydrogens is 238 g/mol. The van der Waals surface area contributed by atoms with Crippen molar-refractivity contribution in [2.45, 2.75) is 18.3 Å². The first-order valence-electron chi connectivity index (χ1n) is 5.56. The summed E-state index contributed by atoms with van der Waals surface area (Å²) in [6.07, 6.45) is 2.24. The van der Waals surface area contributed by atoms with Gasteiger partial charge in [-0.2, -0.15) is 5.10 Å². The molecule has 0 radical (unpaired) electrons. The molecule has 17 heavy (non-hydrogen) atoms. The minimum atomic E-state index is -0.0432. The third kappa shape index (κ3) is 2.00. The van der Waals surface area contributed by atoms with Crippen molar-refractivity contribution in [3.05, 3.63) is 30.0 Å². The topological polar surface area (TPSA) is 49.0 Å². The summed E-state index contributed by atoms with van der Waals surface area (Å²) in [5.41, 5.74) is 2.09. The minimum Gasteiger partial charge on any atom is -0.337 e. The van der Waals surface area contributed by atoms with Gasteiger partial charge in [-0.05, 0) is 11.6 Å². The zero-order chi connectivity index (χ0) is 11.8. The van der Waals surface area contributed by atoms with Crippen LogP contribution in [0.15, 0.2) is 24.4 Å². The second-order valence-corrected chi connectivity index (χ2v) is 4.98. The second kappa shape index (κ2) is 4.04. The molecule has 2 heterocycles. The van der Waals surface area contributed by atoms with Crippen molar-refractivity contribution in [2.75, 3.05) is 6.54 Å². The van der Waals surface area contributed by atoms with E-state index in [9.17, 15) is 4.79 Å². The fraction of sp³-hybridized carbons (Fsp3) is 0.333. The second-order valence-electron chi connectivity index (χ2n) is 4.37. The highest BCUT2D eigenvalue weighted by Gasteiger charge is 2.27. The van der Waals surface area contributed by atoms with E-state index >= 15 is 0 Å². The highest BCUT2D eigenvalue weighted by atomic mass is 35.5. The lowest BCUT2D eigenvalue weighted by molar-refractivity contribution is -0.128. The van der Waals surface area contributed by atoms with Crippen LogP contribution in [0.2, 0.25) is 0 Å². The van der Waals surface area contributed by atoms with Crippen molar-refractivity contribution in [2.24, 2.45) is 0 Å². The summed E-state index contributed by atoms with van der Waals surface area (Å²) >= 11 is 5.97. The quantitative estimate of drug-likeness (QED) is 0.827. The number of aromatic nitrogens is 2. The van der Waals surface area contributed by atoms with Gasteiger partial charge in [0.25, 0.3) is 0 Å². The predicted molar refractivity (Wildman–Crippen MR) is 65.8 cm³/mol. The Hall–Kier alpha value is -1.55. The van der Waals surface area contributed by atoms with Gasteiger partial charge in [0.2, 0.25) is 5.91 Å². The number of amides is 1. The molecule has 0 spiro atoms. The minimum absolute atomic E-state index is 0.0432. The Kier molecular flexibility index (Phi) is 2.52. The summed E-state index contributed by atoms with van der Waals surface area (Å²) in [4.78, 5) is 13.4. The van der Waals surface area contributed by atoms with Crippen LogP contribution in [0.25, 0.3) is 10.9 Å². The Labute approximate surface area is 104 Å². The lowest BCUT2D eigenvalue weighted by Gasteiger charge is -2.15. The van der Waals surface area contributed by atoms with Gasteiger partial charge in [-0.25, -0.2) is 0 Å². The lowest BCUT2D eigenvalue weighted by atomic mass is 10.1. The molecule has 0 aliphatic carbocycles. The number of halogens is 1. The van der Waals surface area contributed by atoms with E-state index in [2.05, 4.69) is 10.2 Å². The molecule has 4 nitrogen and oxygen atoms in total. The van der Waals surface area contributed by atoms with Crippen molar-refractivity contribution in [1.82, 2.24) is 15.1 Å². The standard InChI is InChI=1S/C12H12ClN3O/c13-10-4-12(17)16(7-10)6-8-1-2-9-5-14-15-11(9)3-8/h1-3,5,10H,4,6-7H2,(H,14,15). The van der Waals surface area contributed by atoms with Gasteiger partial charge in [0, 0.05) is 24.9 Å². The van der Waals surface area contributed by atoms with E-state index in [4.69, 9.17) is 11.6 Å². The van der Waals surface area contributed by atoms with Crippen molar-refractivity contribution >= 4 is 28.4 Å². The van der Waals surface area contributed by atoms with Crippen LogP contribution in [-0.2, 0) is 11.3 Å². The maximum absolute atomic E-state index is 11.6. The molecule has 0 bridgehead atoms. The van der Waals surface area contributed by atoms with Gasteiger partial charge in [0.15, 0.2) is 0 Å². The average molecular weight is 250 g/mol. The molecule has 1 fully saturated rings. The normalized spacial score (nSPS) is 20.4.